The van der Waals surface area contributed by atoms with Gasteiger partial charge in [0.2, 0.25) is 0 Å². The molecule has 0 saturated heterocycles. The van der Waals surface area contributed by atoms with Crippen LogP contribution < -0.4 is 0 Å². The van der Waals surface area contributed by atoms with Gasteiger partial charge in [-0.15, -0.1) is 0 Å². The molecule has 0 aromatic heterocycles. The maximum Gasteiger partial charge on any atom is 0.323 e. The molecule has 5 nitrogen and oxygen atoms in total. The van der Waals surface area contributed by atoms with Gasteiger partial charge in [0.1, 0.15) is 6.54 Å². The highest BCUT2D eigenvalue weighted by molar-refractivity contribution is 6.07. The number of nitrogens with zero attached hydrogens (tertiary/aromatic N) is 1. The molecule has 1 aromatic rings. The minimum Gasteiger partial charge on any atom is -0.480 e. The second-order valence-electron chi connectivity index (χ2n) is 10.9. The van der Waals surface area contributed by atoms with E-state index in [0.717, 1.165) is 22.5 Å². The van der Waals surface area contributed by atoms with Crippen LogP contribution in [0.15, 0.2) is 46.8 Å². The van der Waals surface area contributed by atoms with Crippen LogP contribution in [-0.2, 0) is 14.4 Å². The van der Waals surface area contributed by atoms with E-state index in [-0.39, 0.29) is 28.9 Å². The van der Waals surface area contributed by atoms with Crippen LogP contribution in [0.2, 0.25) is 0 Å². The lowest BCUT2D eigenvalue weighted by Crippen LogP contribution is -2.45. The summed E-state index contributed by atoms with van der Waals surface area (Å²) < 4.78 is 0. The van der Waals surface area contributed by atoms with E-state index in [1.807, 2.05) is 31.2 Å². The third-order valence-electron chi connectivity index (χ3n) is 6.81. The van der Waals surface area contributed by atoms with Crippen molar-refractivity contribution in [3.8, 4) is 0 Å². The van der Waals surface area contributed by atoms with Gasteiger partial charge in [-0.1, -0.05) is 52.0 Å². The van der Waals surface area contributed by atoms with Crippen LogP contribution in [0.4, 0.5) is 0 Å². The summed E-state index contributed by atoms with van der Waals surface area (Å²) in [5.74, 6) is -1.32. The molecule has 0 bridgehead atoms. The minimum atomic E-state index is -0.959. The van der Waals surface area contributed by atoms with Crippen molar-refractivity contribution in [2.45, 2.75) is 66.2 Å². The second kappa shape index (κ2) is 7.18. The zero-order valence-electron chi connectivity index (χ0n) is 19.0. The monoisotopic (exact) mass is 421 g/mol. The number of carbonyl (C=O) groups excluding carboxylic acids is 2. The summed E-state index contributed by atoms with van der Waals surface area (Å²) in [5, 5.41) is 9.71. The van der Waals surface area contributed by atoms with Gasteiger partial charge in [0.25, 0.3) is 0 Å². The first-order valence-corrected chi connectivity index (χ1v) is 11.0. The number of carbonyl (C=O) groups is 3. The molecule has 4 rings (SSSR count). The summed E-state index contributed by atoms with van der Waals surface area (Å²) in [6.07, 6.45) is 2.04. The molecule has 0 fully saturated rings. The lowest BCUT2D eigenvalue weighted by atomic mass is 9.63. The maximum atomic E-state index is 13.5. The van der Waals surface area contributed by atoms with Gasteiger partial charge in [0.05, 0.1) is 0 Å². The zero-order valence-corrected chi connectivity index (χ0v) is 19.0. The summed E-state index contributed by atoms with van der Waals surface area (Å²) in [5.41, 5.74) is 4.34. The first-order chi connectivity index (χ1) is 14.4. The van der Waals surface area contributed by atoms with Crippen molar-refractivity contribution in [2.24, 2.45) is 10.8 Å². The third-order valence-corrected chi connectivity index (χ3v) is 6.81. The Balaban J connectivity index is 2.03. The Morgan fingerprint density at radius 1 is 0.935 bits per heavy atom. The summed E-state index contributed by atoms with van der Waals surface area (Å²) >= 11 is 0. The molecule has 1 heterocycles. The van der Waals surface area contributed by atoms with Gasteiger partial charge >= 0.3 is 5.97 Å². The first-order valence-electron chi connectivity index (χ1n) is 11.0. The fourth-order valence-corrected chi connectivity index (χ4v) is 5.60. The van der Waals surface area contributed by atoms with Crippen molar-refractivity contribution in [1.29, 1.82) is 0 Å². The number of hydrogen-bond acceptors (Lipinski definition) is 4. The fourth-order valence-electron chi connectivity index (χ4n) is 5.60. The number of aliphatic carboxylic acids is 1. The van der Waals surface area contributed by atoms with Gasteiger partial charge in [-0.2, -0.15) is 0 Å². The van der Waals surface area contributed by atoms with E-state index in [1.165, 1.54) is 0 Å². The number of allylic oxidation sites excluding steroid dienone is 4. The molecule has 1 aliphatic heterocycles. The Morgan fingerprint density at radius 3 is 1.87 bits per heavy atom. The van der Waals surface area contributed by atoms with Gasteiger partial charge in [0.15, 0.2) is 11.6 Å². The van der Waals surface area contributed by atoms with Gasteiger partial charge < -0.3 is 10.0 Å². The molecular formula is C26H31NO4. The van der Waals surface area contributed by atoms with Crippen LogP contribution in [0.5, 0.6) is 0 Å². The normalized spacial score (nSPS) is 23.1. The molecule has 164 valence electrons. The van der Waals surface area contributed by atoms with Crippen LogP contribution in [0.1, 0.15) is 70.4 Å². The molecule has 0 saturated carbocycles. The zero-order chi connectivity index (χ0) is 22.7. The lowest BCUT2D eigenvalue weighted by molar-refractivity contribution is -0.138. The average Bonchev–Trinajstić information content (AvgIpc) is 2.61. The van der Waals surface area contributed by atoms with E-state index in [4.69, 9.17) is 0 Å². The Bertz CT molecular complexity index is 1000. The van der Waals surface area contributed by atoms with Crippen LogP contribution >= 0.6 is 0 Å². The third kappa shape index (κ3) is 3.75. The van der Waals surface area contributed by atoms with Crippen molar-refractivity contribution < 1.29 is 19.5 Å². The quantitative estimate of drug-likeness (QED) is 0.761. The molecule has 1 aromatic carbocycles. The van der Waals surface area contributed by atoms with Gasteiger partial charge in [-0.25, -0.2) is 0 Å². The number of hydrogen-bond donors (Lipinski definition) is 1. The Kier molecular flexibility index (Phi) is 4.99. The molecule has 5 heteroatoms. The van der Waals surface area contributed by atoms with E-state index in [0.29, 0.717) is 36.8 Å². The molecule has 0 radical (unpaired) electrons. The topological polar surface area (TPSA) is 74.7 Å². The van der Waals surface area contributed by atoms with E-state index in [1.54, 1.807) is 4.90 Å². The smallest absolute Gasteiger partial charge is 0.323 e. The SMILES string of the molecule is Cc1ccccc1C1C2=C(CC(C)(C)CC2=O)N(CC(=O)O)C2=C1C(=O)CC(C)(C)C2. The average molecular weight is 422 g/mol. The van der Waals surface area contributed by atoms with E-state index >= 15 is 0 Å². The highest BCUT2D eigenvalue weighted by atomic mass is 16.4. The second-order valence-corrected chi connectivity index (χ2v) is 10.9. The number of Topliss-reactive ketones (excluding diaryl/α,β-unsaturated/α-hetero) is 2. The van der Waals surface area contributed by atoms with Crippen molar-refractivity contribution in [2.75, 3.05) is 6.54 Å². The molecule has 3 aliphatic rings. The van der Waals surface area contributed by atoms with Crippen molar-refractivity contribution in [1.82, 2.24) is 4.90 Å². The predicted octanol–water partition coefficient (Wildman–Crippen LogP) is 4.77. The van der Waals surface area contributed by atoms with E-state index < -0.39 is 11.9 Å². The van der Waals surface area contributed by atoms with Crippen LogP contribution in [-0.4, -0.2) is 34.1 Å². The summed E-state index contributed by atoms with van der Waals surface area (Å²) in [6.45, 7) is 9.98. The van der Waals surface area contributed by atoms with Crippen molar-refractivity contribution in [3.63, 3.8) is 0 Å². The largest absolute Gasteiger partial charge is 0.480 e. The van der Waals surface area contributed by atoms with Gasteiger partial charge in [-0.3, -0.25) is 14.4 Å². The number of ketones is 2. The number of benzene rings is 1. The number of carboxylic acid groups (broad SMARTS) is 1. The molecule has 0 spiro atoms. The standard InChI is InChI=1S/C26H31NO4/c1-15-8-6-7-9-16(15)22-23-17(10-25(2,3)12-19(23)28)27(14-21(30)31)18-11-26(4,5)13-20(29)24(18)22/h6-9,22H,10-14H2,1-5H3,(H,30,31). The summed E-state index contributed by atoms with van der Waals surface area (Å²) in [6, 6.07) is 7.91. The maximum absolute atomic E-state index is 13.5. The summed E-state index contributed by atoms with van der Waals surface area (Å²) in [7, 11) is 0. The number of aryl methyl sites for hydroxylation is 1. The Morgan fingerprint density at radius 2 is 1.42 bits per heavy atom. The number of rotatable bonds is 3. The molecule has 1 N–H and O–H groups in total. The summed E-state index contributed by atoms with van der Waals surface area (Å²) in [4.78, 5) is 40.7. The Hall–Kier alpha value is -2.69. The number of carboxylic acids is 1. The van der Waals surface area contributed by atoms with Crippen molar-refractivity contribution in [3.05, 3.63) is 57.9 Å². The first kappa shape index (κ1) is 21.5. The van der Waals surface area contributed by atoms with Gasteiger partial charge in [0, 0.05) is 41.3 Å². The molecule has 0 unspecified atom stereocenters. The molecule has 2 aliphatic carbocycles. The molecule has 31 heavy (non-hydrogen) atoms. The van der Waals surface area contributed by atoms with Crippen LogP contribution in [0.3, 0.4) is 0 Å². The highest BCUT2D eigenvalue weighted by Gasteiger charge is 2.49. The van der Waals surface area contributed by atoms with E-state index in [9.17, 15) is 19.5 Å². The fraction of sp³-hybridized carbons (Fsp3) is 0.500. The molecular weight excluding hydrogens is 390 g/mol. The lowest BCUT2D eigenvalue weighted by Gasteiger charge is -2.48. The van der Waals surface area contributed by atoms with Gasteiger partial charge in [-0.05, 0) is 41.7 Å². The predicted molar refractivity (Wildman–Crippen MR) is 118 cm³/mol. The van der Waals surface area contributed by atoms with E-state index in [2.05, 4.69) is 27.7 Å². The minimum absolute atomic E-state index is 0.0269. The molecule has 0 atom stereocenters. The van der Waals surface area contributed by atoms with Crippen LogP contribution in [0, 0.1) is 17.8 Å². The van der Waals surface area contributed by atoms with Crippen molar-refractivity contribution >= 4 is 17.5 Å². The molecule has 0 amide bonds. The van der Waals surface area contributed by atoms with Crippen LogP contribution in [0.25, 0.3) is 0 Å². The Labute approximate surface area is 183 Å². The highest BCUT2D eigenvalue weighted by Crippen LogP contribution is 2.54.